The van der Waals surface area contributed by atoms with E-state index < -0.39 is 0 Å². The Kier molecular flexibility index (Phi) is 3.84. The average Bonchev–Trinajstić information content (AvgIpc) is 2.87. The fourth-order valence-electron chi connectivity index (χ4n) is 2.57. The van der Waals surface area contributed by atoms with Crippen LogP contribution in [0.15, 0.2) is 12.1 Å². The summed E-state index contributed by atoms with van der Waals surface area (Å²) in [7, 11) is 0. The molecule has 4 nitrogen and oxygen atoms in total. The molecule has 1 unspecified atom stereocenters. The molecule has 1 fully saturated rings. The van der Waals surface area contributed by atoms with Gasteiger partial charge in [-0.3, -0.25) is 9.59 Å². The minimum absolute atomic E-state index is 0.0223. The van der Waals surface area contributed by atoms with Crippen LogP contribution in [0.4, 0.5) is 0 Å². The van der Waals surface area contributed by atoms with Crippen molar-refractivity contribution in [3.05, 3.63) is 23.5 Å². The van der Waals surface area contributed by atoms with Crippen LogP contribution in [0.25, 0.3) is 0 Å². The molecule has 2 heterocycles. The smallest absolute Gasteiger partial charge is 0.270 e. The van der Waals surface area contributed by atoms with Crippen LogP contribution in [-0.4, -0.2) is 34.2 Å². The number of nitrogens with one attached hydrogen (secondary N) is 1. The average molecular weight is 248 g/mol. The second-order valence-electron chi connectivity index (χ2n) is 4.90. The number of ketones is 1. The number of aromatic amines is 1. The molecule has 2 rings (SSSR count). The van der Waals surface area contributed by atoms with Crippen molar-refractivity contribution in [2.45, 2.75) is 45.6 Å². The van der Waals surface area contributed by atoms with Crippen molar-refractivity contribution in [3.63, 3.8) is 0 Å². The molecule has 1 aliphatic heterocycles. The number of Topliss-reactive ketones (excluding diaryl/α,β-unsaturated/α-hetero) is 1. The normalized spacial score (nSPS) is 19.9. The van der Waals surface area contributed by atoms with Crippen LogP contribution in [0.2, 0.25) is 0 Å². The molecule has 0 radical (unpaired) electrons. The Morgan fingerprint density at radius 2 is 2.06 bits per heavy atom. The predicted molar refractivity (Wildman–Crippen MR) is 69.8 cm³/mol. The van der Waals surface area contributed by atoms with Crippen LogP contribution in [0.5, 0.6) is 0 Å². The summed E-state index contributed by atoms with van der Waals surface area (Å²) in [5, 5.41) is 0. The molecular formula is C14H20N2O2. The molecule has 18 heavy (non-hydrogen) atoms. The van der Waals surface area contributed by atoms with Gasteiger partial charge in [0, 0.05) is 19.5 Å². The van der Waals surface area contributed by atoms with E-state index in [2.05, 4.69) is 11.9 Å². The number of likely N-dealkylation sites (tertiary alicyclic amines) is 1. The third-order valence-electron chi connectivity index (χ3n) is 3.65. The molecule has 1 saturated heterocycles. The van der Waals surface area contributed by atoms with E-state index in [1.54, 1.807) is 12.1 Å². The molecular weight excluding hydrogens is 228 g/mol. The zero-order valence-corrected chi connectivity index (χ0v) is 11.0. The van der Waals surface area contributed by atoms with Crippen LogP contribution in [0.1, 0.15) is 60.5 Å². The first-order valence-electron chi connectivity index (χ1n) is 6.64. The number of piperidine rings is 1. The summed E-state index contributed by atoms with van der Waals surface area (Å²) in [6.07, 6.45) is 4.35. The molecule has 1 atom stereocenters. The van der Waals surface area contributed by atoms with Gasteiger partial charge in [-0.15, -0.1) is 0 Å². The Morgan fingerprint density at radius 3 is 2.67 bits per heavy atom. The van der Waals surface area contributed by atoms with Gasteiger partial charge in [0.25, 0.3) is 5.91 Å². The van der Waals surface area contributed by atoms with Gasteiger partial charge in [-0.05, 0) is 37.8 Å². The monoisotopic (exact) mass is 248 g/mol. The number of hydrogen-bond donors (Lipinski definition) is 1. The van der Waals surface area contributed by atoms with Crippen molar-refractivity contribution >= 4 is 11.7 Å². The molecule has 1 N–H and O–H groups in total. The van der Waals surface area contributed by atoms with Gasteiger partial charge < -0.3 is 9.88 Å². The zero-order valence-electron chi connectivity index (χ0n) is 11.0. The fourth-order valence-corrected chi connectivity index (χ4v) is 2.57. The first-order chi connectivity index (χ1) is 8.63. The molecule has 0 spiro atoms. The number of carbonyl (C=O) groups excluding carboxylic acids is 2. The van der Waals surface area contributed by atoms with Crippen LogP contribution in [-0.2, 0) is 0 Å². The Bertz CT molecular complexity index is 450. The summed E-state index contributed by atoms with van der Waals surface area (Å²) < 4.78 is 0. The predicted octanol–water partition coefficient (Wildman–Crippen LogP) is 2.62. The molecule has 1 aliphatic rings. The van der Waals surface area contributed by atoms with Gasteiger partial charge in [-0.1, -0.05) is 6.92 Å². The van der Waals surface area contributed by atoms with E-state index >= 15 is 0 Å². The molecule has 0 bridgehead atoms. The van der Waals surface area contributed by atoms with Crippen molar-refractivity contribution in [2.24, 2.45) is 0 Å². The van der Waals surface area contributed by atoms with E-state index in [0.717, 1.165) is 25.8 Å². The highest BCUT2D eigenvalue weighted by Crippen LogP contribution is 2.21. The first kappa shape index (κ1) is 12.9. The maximum absolute atomic E-state index is 12.4. The molecule has 0 saturated carbocycles. The number of rotatable bonds is 3. The van der Waals surface area contributed by atoms with Crippen molar-refractivity contribution in [2.75, 3.05) is 6.54 Å². The number of H-pyrrole nitrogens is 1. The van der Waals surface area contributed by atoms with Crippen molar-refractivity contribution in [1.29, 1.82) is 0 Å². The summed E-state index contributed by atoms with van der Waals surface area (Å²) in [5.41, 5.74) is 1.03. The lowest BCUT2D eigenvalue weighted by Gasteiger charge is -2.35. The molecule has 0 aliphatic carbocycles. The highest BCUT2D eigenvalue weighted by Gasteiger charge is 2.26. The Morgan fingerprint density at radius 1 is 1.33 bits per heavy atom. The van der Waals surface area contributed by atoms with E-state index in [-0.39, 0.29) is 11.7 Å². The van der Waals surface area contributed by atoms with Crippen molar-refractivity contribution in [3.8, 4) is 0 Å². The van der Waals surface area contributed by atoms with Crippen LogP contribution < -0.4 is 0 Å². The van der Waals surface area contributed by atoms with Gasteiger partial charge in [-0.25, -0.2) is 0 Å². The minimum Gasteiger partial charge on any atom is -0.348 e. The van der Waals surface area contributed by atoms with Crippen LogP contribution in [0, 0.1) is 0 Å². The molecule has 1 aromatic heterocycles. The van der Waals surface area contributed by atoms with E-state index in [4.69, 9.17) is 0 Å². The first-order valence-corrected chi connectivity index (χ1v) is 6.64. The Labute approximate surface area is 107 Å². The number of hydrogen-bond acceptors (Lipinski definition) is 2. The Balaban J connectivity index is 2.15. The Hall–Kier alpha value is -1.58. The van der Waals surface area contributed by atoms with Crippen LogP contribution >= 0.6 is 0 Å². The highest BCUT2D eigenvalue weighted by atomic mass is 16.2. The molecule has 1 amide bonds. The zero-order chi connectivity index (χ0) is 13.1. The standard InChI is InChI=1S/C14H20N2O2/c1-3-11-6-4-5-9-16(11)14(18)13-8-7-12(15-13)10(2)17/h7-8,11,15H,3-6,9H2,1-2H3. The van der Waals surface area contributed by atoms with Gasteiger partial charge in [-0.2, -0.15) is 0 Å². The second-order valence-corrected chi connectivity index (χ2v) is 4.90. The van der Waals surface area contributed by atoms with Gasteiger partial charge in [0.05, 0.1) is 5.69 Å². The van der Waals surface area contributed by atoms with Gasteiger partial charge in [0.1, 0.15) is 5.69 Å². The van der Waals surface area contributed by atoms with E-state index in [1.165, 1.54) is 13.3 Å². The van der Waals surface area contributed by atoms with Gasteiger partial charge >= 0.3 is 0 Å². The van der Waals surface area contributed by atoms with Gasteiger partial charge in [0.15, 0.2) is 5.78 Å². The highest BCUT2D eigenvalue weighted by molar-refractivity contribution is 5.97. The summed E-state index contributed by atoms with van der Waals surface area (Å²) in [6, 6.07) is 3.73. The largest absolute Gasteiger partial charge is 0.348 e. The summed E-state index contributed by atoms with van der Waals surface area (Å²) in [5.74, 6) is -0.0196. The van der Waals surface area contributed by atoms with E-state index in [1.807, 2.05) is 4.90 Å². The quantitative estimate of drug-likeness (QED) is 0.836. The maximum Gasteiger partial charge on any atom is 0.270 e. The summed E-state index contributed by atoms with van der Waals surface area (Å²) >= 11 is 0. The maximum atomic E-state index is 12.4. The van der Waals surface area contributed by atoms with E-state index in [9.17, 15) is 9.59 Å². The molecule has 98 valence electrons. The van der Waals surface area contributed by atoms with E-state index in [0.29, 0.717) is 17.4 Å². The third-order valence-corrected chi connectivity index (χ3v) is 3.65. The van der Waals surface area contributed by atoms with Gasteiger partial charge in [0.2, 0.25) is 0 Å². The number of nitrogens with zero attached hydrogens (tertiary/aromatic N) is 1. The second kappa shape index (κ2) is 5.38. The fraction of sp³-hybridized carbons (Fsp3) is 0.571. The lowest BCUT2D eigenvalue weighted by molar-refractivity contribution is 0.0602. The lowest BCUT2D eigenvalue weighted by Crippen LogP contribution is -2.43. The number of aromatic nitrogens is 1. The third kappa shape index (κ3) is 2.47. The summed E-state index contributed by atoms with van der Waals surface area (Å²) in [4.78, 5) is 28.5. The number of carbonyl (C=O) groups is 2. The minimum atomic E-state index is -0.0419. The SMILES string of the molecule is CCC1CCCCN1C(=O)c1ccc(C(C)=O)[nH]1. The summed E-state index contributed by atoms with van der Waals surface area (Å²) in [6.45, 7) is 4.44. The number of amides is 1. The molecule has 0 aromatic carbocycles. The molecule has 1 aromatic rings. The van der Waals surface area contributed by atoms with Crippen molar-refractivity contribution in [1.82, 2.24) is 9.88 Å². The lowest BCUT2D eigenvalue weighted by atomic mass is 10.00. The molecule has 4 heteroatoms. The van der Waals surface area contributed by atoms with Crippen molar-refractivity contribution < 1.29 is 9.59 Å². The topological polar surface area (TPSA) is 53.2 Å². The van der Waals surface area contributed by atoms with Crippen LogP contribution in [0.3, 0.4) is 0 Å².